The number of non-ortho nitro benzene ring substituents is 1. The number of H-pyrrole nitrogens is 1. The number of aromatic nitrogens is 1. The number of hydrogen-bond donors (Lipinski definition) is 2. The molecule has 0 radical (unpaired) electrons. The molecular formula is C16H15N3O2. The normalized spacial score (nSPS) is 11.0. The second-order valence-corrected chi connectivity index (χ2v) is 5.01. The molecule has 0 aliphatic carbocycles. The minimum absolute atomic E-state index is 0.0851. The summed E-state index contributed by atoms with van der Waals surface area (Å²) in [6, 6.07) is 13.3. The fraction of sp³-hybridized carbons (Fsp3) is 0.125. The van der Waals surface area contributed by atoms with Gasteiger partial charge in [0.1, 0.15) is 5.52 Å². The quantitative estimate of drug-likeness (QED) is 0.569. The van der Waals surface area contributed by atoms with Gasteiger partial charge in [0.25, 0.3) is 5.69 Å². The summed E-state index contributed by atoms with van der Waals surface area (Å²) in [6.07, 6.45) is 0. The van der Waals surface area contributed by atoms with Crippen LogP contribution in [0.4, 0.5) is 5.69 Å². The number of aryl methyl sites for hydroxylation is 1. The van der Waals surface area contributed by atoms with Crippen molar-refractivity contribution in [1.82, 2.24) is 4.98 Å². The Labute approximate surface area is 121 Å². The topological polar surface area (TPSA) is 85.0 Å². The molecule has 0 saturated carbocycles. The molecule has 3 aromatic rings. The number of benzene rings is 2. The summed E-state index contributed by atoms with van der Waals surface area (Å²) in [6.45, 7) is 2.16. The van der Waals surface area contributed by atoms with Gasteiger partial charge in [-0.2, -0.15) is 0 Å². The van der Waals surface area contributed by atoms with Gasteiger partial charge in [-0.05, 0) is 24.1 Å². The fourth-order valence-corrected chi connectivity index (χ4v) is 2.70. The molecule has 0 saturated heterocycles. The molecule has 21 heavy (non-hydrogen) atoms. The summed E-state index contributed by atoms with van der Waals surface area (Å²) in [5.74, 6) is 0. The van der Waals surface area contributed by atoms with E-state index in [0.717, 1.165) is 27.8 Å². The van der Waals surface area contributed by atoms with E-state index in [4.69, 9.17) is 5.73 Å². The molecule has 0 unspecified atom stereocenters. The van der Waals surface area contributed by atoms with Gasteiger partial charge in [-0.15, -0.1) is 0 Å². The molecule has 0 fully saturated rings. The van der Waals surface area contributed by atoms with E-state index in [1.807, 2.05) is 43.3 Å². The van der Waals surface area contributed by atoms with E-state index in [-0.39, 0.29) is 10.6 Å². The molecule has 106 valence electrons. The van der Waals surface area contributed by atoms with Gasteiger partial charge in [0.05, 0.1) is 4.92 Å². The highest BCUT2D eigenvalue weighted by Crippen LogP contribution is 2.37. The predicted molar refractivity (Wildman–Crippen MR) is 83.0 cm³/mol. The highest BCUT2D eigenvalue weighted by Gasteiger charge is 2.20. The van der Waals surface area contributed by atoms with Crippen LogP contribution in [-0.2, 0) is 6.54 Å². The van der Waals surface area contributed by atoms with Crippen LogP contribution in [0.3, 0.4) is 0 Å². The molecule has 3 N–H and O–H groups in total. The number of nitrogens with zero attached hydrogens (tertiary/aromatic N) is 1. The largest absolute Gasteiger partial charge is 0.351 e. The van der Waals surface area contributed by atoms with Gasteiger partial charge in [-0.1, -0.05) is 30.3 Å². The third kappa shape index (κ3) is 2.17. The van der Waals surface area contributed by atoms with Crippen LogP contribution in [-0.4, -0.2) is 9.91 Å². The Balaban J connectivity index is 2.41. The van der Waals surface area contributed by atoms with E-state index in [2.05, 4.69) is 4.98 Å². The SMILES string of the molecule is Cc1cc([N+](=O)[O-])c2[nH]c(CN)c(-c3ccccc3)c2c1. The Kier molecular flexibility index (Phi) is 3.19. The van der Waals surface area contributed by atoms with Crippen LogP contribution in [0, 0.1) is 17.0 Å². The minimum atomic E-state index is -0.360. The van der Waals surface area contributed by atoms with E-state index in [1.165, 1.54) is 0 Å². The zero-order valence-corrected chi connectivity index (χ0v) is 11.6. The number of nitro benzene ring substituents is 1. The molecule has 1 heterocycles. The van der Waals surface area contributed by atoms with Crippen LogP contribution < -0.4 is 5.73 Å². The Hall–Kier alpha value is -2.66. The standard InChI is InChI=1S/C16H15N3O2/c1-10-7-12-15(11-5-3-2-4-6-11)13(9-17)18-16(12)14(8-10)19(20)21/h2-8,18H,9,17H2,1H3. The van der Waals surface area contributed by atoms with Gasteiger partial charge < -0.3 is 10.7 Å². The van der Waals surface area contributed by atoms with Crippen LogP contribution in [0.15, 0.2) is 42.5 Å². The van der Waals surface area contributed by atoms with E-state index in [1.54, 1.807) is 6.07 Å². The first-order valence-corrected chi connectivity index (χ1v) is 6.67. The molecule has 3 rings (SSSR count). The highest BCUT2D eigenvalue weighted by atomic mass is 16.6. The van der Waals surface area contributed by atoms with Gasteiger partial charge in [0, 0.05) is 29.3 Å². The third-order valence-corrected chi connectivity index (χ3v) is 3.57. The lowest BCUT2D eigenvalue weighted by Gasteiger charge is -2.03. The Bertz CT molecular complexity index is 822. The van der Waals surface area contributed by atoms with Gasteiger partial charge >= 0.3 is 0 Å². The lowest BCUT2D eigenvalue weighted by molar-refractivity contribution is -0.383. The first-order valence-electron chi connectivity index (χ1n) is 6.67. The average molecular weight is 281 g/mol. The summed E-state index contributed by atoms with van der Waals surface area (Å²) in [7, 11) is 0. The van der Waals surface area contributed by atoms with Crippen molar-refractivity contribution in [2.45, 2.75) is 13.5 Å². The molecule has 0 aliphatic rings. The van der Waals surface area contributed by atoms with Crippen molar-refractivity contribution in [2.24, 2.45) is 5.73 Å². The van der Waals surface area contributed by atoms with E-state index >= 15 is 0 Å². The number of fused-ring (bicyclic) bond motifs is 1. The van der Waals surface area contributed by atoms with E-state index < -0.39 is 0 Å². The Morgan fingerprint density at radius 1 is 1.24 bits per heavy atom. The summed E-state index contributed by atoms with van der Waals surface area (Å²) < 4.78 is 0. The first-order chi connectivity index (χ1) is 10.1. The van der Waals surface area contributed by atoms with Crippen molar-refractivity contribution in [2.75, 3.05) is 0 Å². The molecule has 0 amide bonds. The number of nitrogens with two attached hydrogens (primary N) is 1. The molecule has 2 aromatic carbocycles. The van der Waals surface area contributed by atoms with Crippen molar-refractivity contribution < 1.29 is 4.92 Å². The molecule has 5 heteroatoms. The molecule has 5 nitrogen and oxygen atoms in total. The fourth-order valence-electron chi connectivity index (χ4n) is 2.70. The maximum Gasteiger partial charge on any atom is 0.293 e. The molecule has 0 spiro atoms. The Morgan fingerprint density at radius 3 is 2.57 bits per heavy atom. The predicted octanol–water partition coefficient (Wildman–Crippen LogP) is 3.51. The summed E-state index contributed by atoms with van der Waals surface area (Å²) in [5, 5.41) is 12.1. The highest BCUT2D eigenvalue weighted by molar-refractivity contribution is 6.02. The number of aromatic amines is 1. The zero-order valence-electron chi connectivity index (χ0n) is 11.6. The molecular weight excluding hydrogens is 266 g/mol. The third-order valence-electron chi connectivity index (χ3n) is 3.57. The van der Waals surface area contributed by atoms with Crippen LogP contribution in [0.2, 0.25) is 0 Å². The van der Waals surface area contributed by atoms with Crippen molar-refractivity contribution in [1.29, 1.82) is 0 Å². The Morgan fingerprint density at radius 2 is 1.95 bits per heavy atom. The van der Waals surface area contributed by atoms with Crippen molar-refractivity contribution >= 4 is 16.6 Å². The summed E-state index contributed by atoms with van der Waals surface area (Å²) >= 11 is 0. The van der Waals surface area contributed by atoms with Crippen LogP contribution in [0.5, 0.6) is 0 Å². The van der Waals surface area contributed by atoms with E-state index in [9.17, 15) is 10.1 Å². The number of nitrogens with one attached hydrogen (secondary N) is 1. The van der Waals surface area contributed by atoms with Gasteiger partial charge in [-0.25, -0.2) is 0 Å². The maximum atomic E-state index is 11.3. The van der Waals surface area contributed by atoms with E-state index in [0.29, 0.717) is 12.1 Å². The van der Waals surface area contributed by atoms with Crippen LogP contribution >= 0.6 is 0 Å². The second-order valence-electron chi connectivity index (χ2n) is 5.01. The van der Waals surface area contributed by atoms with Crippen LogP contribution in [0.25, 0.3) is 22.0 Å². The smallest absolute Gasteiger partial charge is 0.293 e. The van der Waals surface area contributed by atoms with Crippen molar-refractivity contribution in [3.05, 3.63) is 63.8 Å². The summed E-state index contributed by atoms with van der Waals surface area (Å²) in [4.78, 5) is 14.0. The maximum absolute atomic E-state index is 11.3. The molecule has 0 atom stereocenters. The average Bonchev–Trinajstić information content (AvgIpc) is 2.85. The number of hydrogen-bond acceptors (Lipinski definition) is 3. The number of rotatable bonds is 3. The second kappa shape index (κ2) is 5.03. The monoisotopic (exact) mass is 281 g/mol. The summed E-state index contributed by atoms with van der Waals surface area (Å²) in [5.41, 5.74) is 10.0. The lowest BCUT2D eigenvalue weighted by atomic mass is 10.0. The molecule has 1 aromatic heterocycles. The van der Waals surface area contributed by atoms with Gasteiger partial charge in [0.15, 0.2) is 0 Å². The number of nitro groups is 1. The zero-order chi connectivity index (χ0) is 15.0. The lowest BCUT2D eigenvalue weighted by Crippen LogP contribution is -1.98. The minimum Gasteiger partial charge on any atom is -0.351 e. The van der Waals surface area contributed by atoms with Crippen molar-refractivity contribution in [3.8, 4) is 11.1 Å². The van der Waals surface area contributed by atoms with Crippen LogP contribution in [0.1, 0.15) is 11.3 Å². The van der Waals surface area contributed by atoms with Gasteiger partial charge in [-0.3, -0.25) is 10.1 Å². The molecule has 0 aliphatic heterocycles. The van der Waals surface area contributed by atoms with Gasteiger partial charge in [0.2, 0.25) is 0 Å². The van der Waals surface area contributed by atoms with Crippen molar-refractivity contribution in [3.63, 3.8) is 0 Å². The molecule has 0 bridgehead atoms. The first kappa shape index (κ1) is 13.3.